The molecule has 0 fully saturated rings. The zero-order chi connectivity index (χ0) is 25.1. The highest BCUT2D eigenvalue weighted by Gasteiger charge is 2.33. The van der Waals surface area contributed by atoms with Crippen LogP contribution in [-0.4, -0.2) is 21.9 Å². The molecule has 1 unspecified atom stereocenters. The van der Waals surface area contributed by atoms with Gasteiger partial charge in [0, 0.05) is 23.1 Å². The van der Waals surface area contributed by atoms with Crippen LogP contribution in [-0.2, 0) is 12.4 Å². The van der Waals surface area contributed by atoms with E-state index in [2.05, 4.69) is 15.4 Å². The lowest BCUT2D eigenvalue weighted by molar-refractivity contribution is -0.141. The van der Waals surface area contributed by atoms with E-state index in [1.807, 2.05) is 5.10 Å². The zero-order valence-electron chi connectivity index (χ0n) is 17.4. The quantitative estimate of drug-likeness (QED) is 0.230. The van der Waals surface area contributed by atoms with Crippen LogP contribution in [0.5, 0.6) is 0 Å². The van der Waals surface area contributed by atoms with Crippen molar-refractivity contribution < 1.29 is 31.1 Å². The van der Waals surface area contributed by atoms with E-state index in [1.165, 1.54) is 0 Å². The number of nitrogens with one attached hydrogen (secondary N) is 2. The van der Waals surface area contributed by atoms with Gasteiger partial charge in [-0.3, -0.25) is 9.89 Å². The van der Waals surface area contributed by atoms with Crippen molar-refractivity contribution >= 4 is 29.2 Å². The van der Waals surface area contributed by atoms with Crippen molar-refractivity contribution in [3.63, 3.8) is 0 Å². The highest BCUT2D eigenvalue weighted by molar-refractivity contribution is 6.30. The molecule has 3 rings (SSSR count). The van der Waals surface area contributed by atoms with Gasteiger partial charge < -0.3 is 5.32 Å². The van der Waals surface area contributed by atoms with Crippen LogP contribution in [0.15, 0.2) is 59.6 Å². The molecule has 180 valence electrons. The Morgan fingerprint density at radius 1 is 1.06 bits per heavy atom. The first kappa shape index (κ1) is 25.3. The summed E-state index contributed by atoms with van der Waals surface area (Å²) in [5.41, 5.74) is -1.36. The van der Waals surface area contributed by atoms with Crippen LogP contribution in [0.4, 0.5) is 32.2 Å². The normalized spacial score (nSPS) is 13.6. The van der Waals surface area contributed by atoms with Crippen LogP contribution in [0.1, 0.15) is 46.4 Å². The first-order valence-electron chi connectivity index (χ1n) is 9.77. The lowest BCUT2D eigenvalue weighted by Crippen LogP contribution is -2.31. The number of benzene rings is 2. The molecule has 1 amide bonds. The minimum Gasteiger partial charge on any atom is -0.310 e. The molecule has 0 bridgehead atoms. The van der Waals surface area contributed by atoms with Crippen molar-refractivity contribution in [2.75, 3.05) is 0 Å². The number of aliphatic imine (C=N–C) groups is 1. The molecule has 5 nitrogen and oxygen atoms in total. The average Bonchev–Trinajstić information content (AvgIpc) is 3.22. The molecule has 2 N–H and O–H groups in total. The van der Waals surface area contributed by atoms with E-state index >= 15 is 0 Å². The summed E-state index contributed by atoms with van der Waals surface area (Å²) in [4.78, 5) is 16.7. The Balaban J connectivity index is 1.87. The smallest absolute Gasteiger partial charge is 0.310 e. The van der Waals surface area contributed by atoms with Crippen LogP contribution < -0.4 is 5.32 Å². The second-order valence-corrected chi connectivity index (χ2v) is 7.82. The van der Waals surface area contributed by atoms with E-state index in [-0.39, 0.29) is 29.6 Å². The topological polar surface area (TPSA) is 70.1 Å². The summed E-state index contributed by atoms with van der Waals surface area (Å²) in [6.45, 7) is 1.79. The van der Waals surface area contributed by atoms with Crippen LogP contribution in [0, 0.1) is 0 Å². The van der Waals surface area contributed by atoms with Gasteiger partial charge in [-0.25, -0.2) is 4.99 Å². The Morgan fingerprint density at radius 3 is 2.29 bits per heavy atom. The maximum atomic E-state index is 12.9. The number of nitrogens with zero attached hydrogens (tertiary/aromatic N) is 2. The first-order chi connectivity index (χ1) is 15.8. The minimum atomic E-state index is -4.67. The third-order valence-corrected chi connectivity index (χ3v) is 5.00. The number of carbonyl (C=O) groups is 1. The van der Waals surface area contributed by atoms with Gasteiger partial charge in [0.05, 0.1) is 5.56 Å². The zero-order valence-corrected chi connectivity index (χ0v) is 18.2. The molecule has 0 spiro atoms. The summed E-state index contributed by atoms with van der Waals surface area (Å²) < 4.78 is 76.9. The summed E-state index contributed by atoms with van der Waals surface area (Å²) in [5, 5.41) is 8.27. The van der Waals surface area contributed by atoms with Gasteiger partial charge >= 0.3 is 12.4 Å². The Morgan fingerprint density at radius 2 is 1.74 bits per heavy atom. The number of hydrogen-bond acceptors (Lipinski definition) is 3. The van der Waals surface area contributed by atoms with Crippen molar-refractivity contribution in [2.24, 2.45) is 4.99 Å². The van der Waals surface area contributed by atoms with Crippen LogP contribution in [0.3, 0.4) is 0 Å². The minimum absolute atomic E-state index is 0.0300. The van der Waals surface area contributed by atoms with Crippen molar-refractivity contribution in [2.45, 2.75) is 31.6 Å². The van der Waals surface area contributed by atoms with Gasteiger partial charge in [-0.05, 0) is 47.9 Å². The number of carbonyl (C=O) groups excluding carboxylic acids is 1. The largest absolute Gasteiger partial charge is 0.432 e. The van der Waals surface area contributed by atoms with Gasteiger partial charge in [0.2, 0.25) is 0 Å². The molecule has 0 radical (unpaired) electrons. The lowest BCUT2D eigenvalue weighted by Gasteiger charge is -2.15. The summed E-state index contributed by atoms with van der Waals surface area (Å²) in [7, 11) is 0. The standard InChI is InChI=1S/C22H17ClF6N4O/c1-12(14-3-2-4-16(23)10-14)9-18(30-19-11-17(32-33-19)22(27,28)29)31-20(34)13-5-7-15(8-6-13)21(24,25)26/h2-8,10-12H,9H2,1H3,(H2,30,31,32,33,34). The molecule has 34 heavy (non-hydrogen) atoms. The summed E-state index contributed by atoms with van der Waals surface area (Å²) in [6.07, 6.45) is -9.16. The second kappa shape index (κ2) is 9.88. The number of rotatable bonds is 5. The van der Waals surface area contributed by atoms with E-state index in [1.54, 1.807) is 31.2 Å². The van der Waals surface area contributed by atoms with E-state index < -0.39 is 29.5 Å². The maximum Gasteiger partial charge on any atom is 0.432 e. The number of amidine groups is 1. The molecule has 3 aromatic rings. The van der Waals surface area contributed by atoms with Crippen molar-refractivity contribution in [3.05, 3.63) is 82.0 Å². The fraction of sp³-hybridized carbons (Fsp3) is 0.227. The number of H-pyrrole nitrogens is 1. The van der Waals surface area contributed by atoms with Crippen LogP contribution >= 0.6 is 11.6 Å². The Hall–Kier alpha value is -3.34. The summed E-state index contributed by atoms with van der Waals surface area (Å²) in [5.74, 6) is -1.41. The SMILES string of the molecule is CC(CC(=Nc1cc(C(F)(F)F)[nH]n1)NC(=O)c1ccc(C(F)(F)F)cc1)c1cccc(Cl)c1. The Kier molecular flexibility index (Phi) is 7.35. The predicted molar refractivity (Wildman–Crippen MR) is 114 cm³/mol. The fourth-order valence-electron chi connectivity index (χ4n) is 3.01. The molecule has 0 aliphatic rings. The molecule has 1 atom stereocenters. The van der Waals surface area contributed by atoms with Crippen LogP contribution in [0.2, 0.25) is 5.02 Å². The van der Waals surface area contributed by atoms with Gasteiger partial charge in [0.15, 0.2) is 5.82 Å². The second-order valence-electron chi connectivity index (χ2n) is 7.39. The van der Waals surface area contributed by atoms with Crippen LogP contribution in [0.25, 0.3) is 0 Å². The van der Waals surface area contributed by atoms with Crippen molar-refractivity contribution in [1.82, 2.24) is 15.5 Å². The third kappa shape index (κ3) is 6.60. The number of aromatic nitrogens is 2. The van der Waals surface area contributed by atoms with E-state index in [0.717, 1.165) is 29.8 Å². The molecule has 12 heteroatoms. The number of amides is 1. The molecule has 0 saturated carbocycles. The molecule has 0 saturated heterocycles. The molecule has 0 aliphatic carbocycles. The third-order valence-electron chi connectivity index (χ3n) is 4.77. The highest BCUT2D eigenvalue weighted by Crippen LogP contribution is 2.31. The first-order valence-corrected chi connectivity index (χ1v) is 10.1. The van der Waals surface area contributed by atoms with Gasteiger partial charge in [-0.1, -0.05) is 30.7 Å². The fourth-order valence-corrected chi connectivity index (χ4v) is 3.21. The number of halogens is 7. The van der Waals surface area contributed by atoms with E-state index in [9.17, 15) is 31.1 Å². The van der Waals surface area contributed by atoms with Gasteiger partial charge in [0.25, 0.3) is 5.91 Å². The monoisotopic (exact) mass is 502 g/mol. The molecule has 1 heterocycles. The number of aromatic amines is 1. The maximum absolute atomic E-state index is 12.9. The van der Waals surface area contributed by atoms with Crippen molar-refractivity contribution in [3.8, 4) is 0 Å². The molecule has 0 aliphatic heterocycles. The number of hydrogen-bond donors (Lipinski definition) is 2. The van der Waals surface area contributed by atoms with Gasteiger partial charge in [-0.15, -0.1) is 0 Å². The van der Waals surface area contributed by atoms with Gasteiger partial charge in [0.1, 0.15) is 11.5 Å². The predicted octanol–water partition coefficient (Wildman–Crippen LogP) is 6.75. The van der Waals surface area contributed by atoms with Gasteiger partial charge in [-0.2, -0.15) is 31.4 Å². The molecular formula is C22H17ClF6N4O. The highest BCUT2D eigenvalue weighted by atomic mass is 35.5. The average molecular weight is 503 g/mol. The summed E-state index contributed by atoms with van der Waals surface area (Å²) in [6, 6.07) is 11.0. The lowest BCUT2D eigenvalue weighted by atomic mass is 9.97. The Bertz CT molecular complexity index is 1190. The van der Waals surface area contributed by atoms with E-state index in [0.29, 0.717) is 11.1 Å². The molecular weight excluding hydrogens is 486 g/mol. The van der Waals surface area contributed by atoms with Crippen molar-refractivity contribution in [1.29, 1.82) is 0 Å². The molecule has 2 aromatic carbocycles. The van der Waals surface area contributed by atoms with E-state index in [4.69, 9.17) is 11.6 Å². The summed E-state index contributed by atoms with van der Waals surface area (Å²) >= 11 is 6.01. The number of alkyl halides is 6. The Labute approximate surface area is 194 Å². The molecule has 1 aromatic heterocycles.